The number of hydrogen-bond donors (Lipinski definition) is 1. The van der Waals surface area contributed by atoms with Crippen molar-refractivity contribution in [2.45, 2.75) is 26.3 Å². The van der Waals surface area contributed by atoms with E-state index in [0.29, 0.717) is 0 Å². The van der Waals surface area contributed by atoms with E-state index in [2.05, 4.69) is 39.2 Å². The summed E-state index contributed by atoms with van der Waals surface area (Å²) in [5.41, 5.74) is 0. The molecule has 1 heterocycles. The number of aliphatic hydroxyl groups is 1. The van der Waals surface area contributed by atoms with Crippen molar-refractivity contribution in [3.63, 3.8) is 0 Å². The van der Waals surface area contributed by atoms with Crippen molar-refractivity contribution in [3.05, 3.63) is 20.8 Å². The van der Waals surface area contributed by atoms with Crippen LogP contribution in [-0.2, 0) is 6.54 Å². The lowest BCUT2D eigenvalue weighted by atomic mass is 10.3. The van der Waals surface area contributed by atoms with Gasteiger partial charge in [-0.15, -0.1) is 11.3 Å². The van der Waals surface area contributed by atoms with Crippen molar-refractivity contribution in [1.82, 2.24) is 4.90 Å². The standard InChI is InChI=1S/C11H18BrNOS/c1-2-3-5-13(6-7-14)9-11-10(12)4-8-15-11/h4,8,14H,2-3,5-7,9H2,1H3. The molecule has 86 valence electrons. The summed E-state index contributed by atoms with van der Waals surface area (Å²) in [6.45, 7) is 5.22. The van der Waals surface area contributed by atoms with Gasteiger partial charge in [0.15, 0.2) is 0 Å². The molecule has 0 aromatic carbocycles. The zero-order chi connectivity index (χ0) is 11.1. The van der Waals surface area contributed by atoms with Gasteiger partial charge < -0.3 is 5.11 Å². The summed E-state index contributed by atoms with van der Waals surface area (Å²) in [5.74, 6) is 0. The fraction of sp³-hybridized carbons (Fsp3) is 0.636. The highest BCUT2D eigenvalue weighted by molar-refractivity contribution is 9.10. The van der Waals surface area contributed by atoms with E-state index in [1.165, 1.54) is 22.2 Å². The van der Waals surface area contributed by atoms with Gasteiger partial charge >= 0.3 is 0 Å². The van der Waals surface area contributed by atoms with Gasteiger partial charge in [-0.05, 0) is 40.3 Å². The molecule has 0 bridgehead atoms. The number of hydrogen-bond acceptors (Lipinski definition) is 3. The van der Waals surface area contributed by atoms with Crippen molar-refractivity contribution in [2.24, 2.45) is 0 Å². The topological polar surface area (TPSA) is 23.5 Å². The highest BCUT2D eigenvalue weighted by Crippen LogP contribution is 2.24. The number of halogens is 1. The molecule has 0 aliphatic carbocycles. The number of aliphatic hydroxyl groups excluding tert-OH is 1. The molecule has 0 saturated heterocycles. The van der Waals surface area contributed by atoms with Crippen LogP contribution in [0.3, 0.4) is 0 Å². The maximum Gasteiger partial charge on any atom is 0.0558 e. The molecule has 1 rings (SSSR count). The summed E-state index contributed by atoms with van der Waals surface area (Å²) in [6.07, 6.45) is 2.40. The quantitative estimate of drug-likeness (QED) is 0.834. The predicted molar refractivity (Wildman–Crippen MR) is 69.3 cm³/mol. The Morgan fingerprint density at radius 1 is 1.47 bits per heavy atom. The molecule has 1 aromatic heterocycles. The van der Waals surface area contributed by atoms with E-state index < -0.39 is 0 Å². The first-order valence-corrected chi connectivity index (χ1v) is 7.00. The zero-order valence-corrected chi connectivity index (χ0v) is 11.5. The second-order valence-corrected chi connectivity index (χ2v) is 5.40. The van der Waals surface area contributed by atoms with Crippen LogP contribution in [0.1, 0.15) is 24.6 Å². The fourth-order valence-corrected chi connectivity index (χ4v) is 2.95. The molecule has 1 N–H and O–H groups in total. The van der Waals surface area contributed by atoms with Gasteiger partial charge in [-0.25, -0.2) is 0 Å². The molecule has 0 spiro atoms. The van der Waals surface area contributed by atoms with Gasteiger partial charge in [0.25, 0.3) is 0 Å². The first-order chi connectivity index (χ1) is 7.27. The Kier molecular flexibility index (Phi) is 6.48. The lowest BCUT2D eigenvalue weighted by Gasteiger charge is -2.20. The fourth-order valence-electron chi connectivity index (χ4n) is 1.43. The largest absolute Gasteiger partial charge is 0.395 e. The molecule has 0 unspecified atom stereocenters. The molecule has 1 aromatic rings. The van der Waals surface area contributed by atoms with E-state index in [1.54, 1.807) is 11.3 Å². The molecule has 0 aliphatic rings. The van der Waals surface area contributed by atoms with Crippen molar-refractivity contribution in [3.8, 4) is 0 Å². The summed E-state index contributed by atoms with van der Waals surface area (Å²) in [4.78, 5) is 3.65. The molecule has 0 atom stereocenters. The Balaban J connectivity index is 2.46. The first kappa shape index (κ1) is 13.2. The summed E-state index contributed by atoms with van der Waals surface area (Å²) < 4.78 is 1.19. The van der Waals surface area contributed by atoms with Crippen LogP contribution >= 0.6 is 27.3 Å². The van der Waals surface area contributed by atoms with Gasteiger partial charge in [0.2, 0.25) is 0 Å². The summed E-state index contributed by atoms with van der Waals surface area (Å²) in [7, 11) is 0. The molecule has 0 amide bonds. The SMILES string of the molecule is CCCCN(CCO)Cc1sccc1Br. The van der Waals surface area contributed by atoms with E-state index in [4.69, 9.17) is 5.11 Å². The van der Waals surface area contributed by atoms with Crippen LogP contribution in [0, 0.1) is 0 Å². The minimum Gasteiger partial charge on any atom is -0.395 e. The smallest absolute Gasteiger partial charge is 0.0558 e. The Bertz CT molecular complexity index is 277. The lowest BCUT2D eigenvalue weighted by Crippen LogP contribution is -2.27. The van der Waals surface area contributed by atoms with Crippen molar-refractivity contribution < 1.29 is 5.11 Å². The van der Waals surface area contributed by atoms with Crippen molar-refractivity contribution >= 4 is 27.3 Å². The third kappa shape index (κ3) is 4.64. The van der Waals surface area contributed by atoms with Crippen molar-refractivity contribution in [1.29, 1.82) is 0 Å². The van der Waals surface area contributed by atoms with Crippen LogP contribution in [0.4, 0.5) is 0 Å². The van der Waals surface area contributed by atoms with Gasteiger partial charge in [-0.1, -0.05) is 13.3 Å². The van der Waals surface area contributed by atoms with Crippen LogP contribution < -0.4 is 0 Å². The Hall–Kier alpha value is 0.100. The average Bonchev–Trinajstić information content (AvgIpc) is 2.61. The van der Waals surface area contributed by atoms with E-state index in [-0.39, 0.29) is 6.61 Å². The molecular formula is C11H18BrNOS. The minimum absolute atomic E-state index is 0.243. The Labute approximate surface area is 104 Å². The highest BCUT2D eigenvalue weighted by Gasteiger charge is 2.08. The molecule has 0 saturated carbocycles. The van der Waals surface area contributed by atoms with E-state index in [9.17, 15) is 0 Å². The molecular weight excluding hydrogens is 274 g/mol. The Morgan fingerprint density at radius 2 is 2.27 bits per heavy atom. The van der Waals surface area contributed by atoms with Crippen LogP contribution in [0.5, 0.6) is 0 Å². The number of thiophene rings is 1. The molecule has 0 radical (unpaired) electrons. The molecule has 4 heteroatoms. The zero-order valence-electron chi connectivity index (χ0n) is 9.08. The minimum atomic E-state index is 0.243. The Morgan fingerprint density at radius 3 is 2.80 bits per heavy atom. The maximum absolute atomic E-state index is 8.98. The molecule has 0 fully saturated rings. The monoisotopic (exact) mass is 291 g/mol. The number of unbranched alkanes of at least 4 members (excludes halogenated alkanes) is 1. The number of nitrogens with zero attached hydrogens (tertiary/aromatic N) is 1. The van der Waals surface area contributed by atoms with Gasteiger partial charge in [0, 0.05) is 22.4 Å². The molecule has 2 nitrogen and oxygen atoms in total. The van der Waals surface area contributed by atoms with Crippen LogP contribution in [0.2, 0.25) is 0 Å². The van der Waals surface area contributed by atoms with Gasteiger partial charge in [-0.3, -0.25) is 4.90 Å². The second kappa shape index (κ2) is 7.39. The van der Waals surface area contributed by atoms with E-state index in [1.807, 2.05) is 0 Å². The number of rotatable bonds is 7. The maximum atomic E-state index is 8.98. The van der Waals surface area contributed by atoms with Crippen LogP contribution in [0.15, 0.2) is 15.9 Å². The van der Waals surface area contributed by atoms with Crippen LogP contribution in [0.25, 0.3) is 0 Å². The molecule has 15 heavy (non-hydrogen) atoms. The summed E-state index contributed by atoms with van der Waals surface area (Å²) >= 11 is 5.30. The lowest BCUT2D eigenvalue weighted by molar-refractivity contribution is 0.189. The van der Waals surface area contributed by atoms with Crippen LogP contribution in [-0.4, -0.2) is 29.7 Å². The van der Waals surface area contributed by atoms with Gasteiger partial charge in [0.05, 0.1) is 6.61 Å². The summed E-state index contributed by atoms with van der Waals surface area (Å²) in [6, 6.07) is 2.08. The molecule has 0 aliphatic heterocycles. The van der Waals surface area contributed by atoms with E-state index in [0.717, 1.165) is 19.6 Å². The highest BCUT2D eigenvalue weighted by atomic mass is 79.9. The second-order valence-electron chi connectivity index (χ2n) is 3.55. The van der Waals surface area contributed by atoms with Gasteiger partial charge in [-0.2, -0.15) is 0 Å². The van der Waals surface area contributed by atoms with Crippen molar-refractivity contribution in [2.75, 3.05) is 19.7 Å². The third-order valence-electron chi connectivity index (χ3n) is 2.30. The predicted octanol–water partition coefficient (Wildman–Crippen LogP) is 3.11. The normalized spacial score (nSPS) is 11.2. The average molecular weight is 292 g/mol. The van der Waals surface area contributed by atoms with E-state index >= 15 is 0 Å². The third-order valence-corrected chi connectivity index (χ3v) is 4.21. The summed E-state index contributed by atoms with van der Waals surface area (Å²) in [5, 5.41) is 11.1. The first-order valence-electron chi connectivity index (χ1n) is 5.33. The van der Waals surface area contributed by atoms with Gasteiger partial charge in [0.1, 0.15) is 0 Å².